The molecule has 0 radical (unpaired) electrons. The van der Waals surface area contributed by atoms with E-state index in [9.17, 15) is 4.39 Å². The minimum atomic E-state index is -0.302. The number of nitrogens with zero attached hydrogens (tertiary/aromatic N) is 3. The summed E-state index contributed by atoms with van der Waals surface area (Å²) in [5, 5.41) is 3.98. The fraction of sp³-hybridized carbons (Fsp3) is 0. The molecule has 0 bridgehead atoms. The van der Waals surface area contributed by atoms with Crippen LogP contribution < -0.4 is 4.74 Å². The lowest BCUT2D eigenvalue weighted by molar-refractivity contribution is 0.431. The van der Waals surface area contributed by atoms with Crippen LogP contribution in [0.3, 0.4) is 0 Å². The Morgan fingerprint density at radius 2 is 1.56 bits per heavy atom. The first-order valence-electron chi connectivity index (χ1n) is 7.57. The summed E-state index contributed by atoms with van der Waals surface area (Å²) in [4.78, 5) is 8.53. The molecule has 5 nitrogen and oxygen atoms in total. The normalized spacial score (nSPS) is 10.6. The molecule has 2 aromatic heterocycles. The number of aromatic nitrogens is 3. The molecule has 0 saturated carbocycles. The van der Waals surface area contributed by atoms with Crippen molar-refractivity contribution in [3.63, 3.8) is 0 Å². The number of hydrogen-bond acceptors (Lipinski definition) is 5. The molecule has 4 aromatic rings. The van der Waals surface area contributed by atoms with E-state index in [0.717, 1.165) is 5.56 Å². The summed E-state index contributed by atoms with van der Waals surface area (Å²) >= 11 is 0. The third-order valence-electron chi connectivity index (χ3n) is 3.47. The third kappa shape index (κ3) is 3.37. The van der Waals surface area contributed by atoms with Crippen molar-refractivity contribution in [3.8, 4) is 34.5 Å². The van der Waals surface area contributed by atoms with Gasteiger partial charge in [0.1, 0.15) is 23.0 Å². The van der Waals surface area contributed by atoms with Gasteiger partial charge in [-0.25, -0.2) is 4.39 Å². The molecule has 4 rings (SSSR count). The van der Waals surface area contributed by atoms with Gasteiger partial charge in [0.2, 0.25) is 5.82 Å². The molecule has 122 valence electrons. The molecule has 25 heavy (non-hydrogen) atoms. The maximum atomic E-state index is 12.9. The van der Waals surface area contributed by atoms with Crippen molar-refractivity contribution in [3.05, 3.63) is 78.7 Å². The van der Waals surface area contributed by atoms with Gasteiger partial charge in [0.25, 0.3) is 5.89 Å². The van der Waals surface area contributed by atoms with Gasteiger partial charge in [-0.1, -0.05) is 11.2 Å². The predicted molar refractivity (Wildman–Crippen MR) is 89.4 cm³/mol. The summed E-state index contributed by atoms with van der Waals surface area (Å²) in [6.45, 7) is 0. The molecule has 0 amide bonds. The van der Waals surface area contributed by atoms with E-state index in [0.29, 0.717) is 28.9 Å². The Kier molecular flexibility index (Phi) is 3.92. The van der Waals surface area contributed by atoms with Gasteiger partial charge < -0.3 is 9.26 Å². The highest BCUT2D eigenvalue weighted by atomic mass is 19.1. The molecule has 0 atom stereocenters. The molecule has 0 aliphatic heterocycles. The van der Waals surface area contributed by atoms with Gasteiger partial charge in [-0.15, -0.1) is 0 Å². The highest BCUT2D eigenvalue weighted by molar-refractivity contribution is 5.58. The Labute approximate surface area is 142 Å². The average molecular weight is 333 g/mol. The second-order valence-corrected chi connectivity index (χ2v) is 5.22. The van der Waals surface area contributed by atoms with Gasteiger partial charge in [0, 0.05) is 11.8 Å². The Morgan fingerprint density at radius 1 is 0.840 bits per heavy atom. The van der Waals surface area contributed by atoms with E-state index in [1.54, 1.807) is 36.5 Å². The molecule has 2 heterocycles. The lowest BCUT2D eigenvalue weighted by Gasteiger charge is -2.05. The minimum Gasteiger partial charge on any atom is -0.457 e. The van der Waals surface area contributed by atoms with Crippen molar-refractivity contribution in [2.75, 3.05) is 0 Å². The van der Waals surface area contributed by atoms with E-state index < -0.39 is 0 Å². The van der Waals surface area contributed by atoms with Crippen LogP contribution in [-0.4, -0.2) is 15.1 Å². The summed E-state index contributed by atoms with van der Waals surface area (Å²) in [7, 11) is 0. The molecule has 0 unspecified atom stereocenters. The molecule has 0 aliphatic rings. The highest BCUT2D eigenvalue weighted by Gasteiger charge is 2.11. The number of ether oxygens (including phenoxy) is 1. The molecule has 0 N–H and O–H groups in total. The SMILES string of the molecule is Fc1ccc(Oc2ccc(-c3noc(-c4ccccn4)n3)cc2)cc1. The van der Waals surface area contributed by atoms with Crippen molar-refractivity contribution in [2.45, 2.75) is 0 Å². The molecule has 0 aliphatic carbocycles. The van der Waals surface area contributed by atoms with E-state index in [4.69, 9.17) is 9.26 Å². The number of hydrogen-bond donors (Lipinski definition) is 0. The lowest BCUT2D eigenvalue weighted by Crippen LogP contribution is -1.86. The Balaban J connectivity index is 1.52. The van der Waals surface area contributed by atoms with Gasteiger partial charge in [-0.2, -0.15) is 4.98 Å². The van der Waals surface area contributed by atoms with Crippen LogP contribution in [0.1, 0.15) is 0 Å². The van der Waals surface area contributed by atoms with Crippen LogP contribution in [0.5, 0.6) is 11.5 Å². The largest absolute Gasteiger partial charge is 0.457 e. The minimum absolute atomic E-state index is 0.302. The van der Waals surface area contributed by atoms with Crippen molar-refractivity contribution in [1.29, 1.82) is 0 Å². The monoisotopic (exact) mass is 333 g/mol. The second kappa shape index (κ2) is 6.52. The standard InChI is InChI=1S/C19H12FN3O2/c20-14-6-10-16(11-7-14)24-15-8-4-13(5-9-15)18-22-19(25-23-18)17-3-1-2-12-21-17/h1-12H. The zero-order chi connectivity index (χ0) is 17.1. The van der Waals surface area contributed by atoms with Crippen molar-refractivity contribution in [2.24, 2.45) is 0 Å². The Bertz CT molecular complexity index is 968. The van der Waals surface area contributed by atoms with Gasteiger partial charge >= 0.3 is 0 Å². The van der Waals surface area contributed by atoms with E-state index in [2.05, 4.69) is 15.1 Å². The van der Waals surface area contributed by atoms with Gasteiger partial charge in [0.15, 0.2) is 0 Å². The van der Waals surface area contributed by atoms with E-state index in [-0.39, 0.29) is 5.82 Å². The summed E-state index contributed by atoms with van der Waals surface area (Å²) in [5.74, 6) is 1.72. The number of halogens is 1. The summed E-state index contributed by atoms with van der Waals surface area (Å²) in [5.41, 5.74) is 1.41. The van der Waals surface area contributed by atoms with Crippen LogP contribution in [-0.2, 0) is 0 Å². The first-order chi connectivity index (χ1) is 12.3. The molecule has 6 heteroatoms. The topological polar surface area (TPSA) is 61.0 Å². The zero-order valence-electron chi connectivity index (χ0n) is 13.0. The highest BCUT2D eigenvalue weighted by Crippen LogP contribution is 2.26. The van der Waals surface area contributed by atoms with Crippen LogP contribution >= 0.6 is 0 Å². The zero-order valence-corrected chi connectivity index (χ0v) is 13.0. The van der Waals surface area contributed by atoms with Crippen molar-refractivity contribution in [1.82, 2.24) is 15.1 Å². The smallest absolute Gasteiger partial charge is 0.276 e. The average Bonchev–Trinajstić information content (AvgIpc) is 3.15. The number of pyridine rings is 1. The van der Waals surface area contributed by atoms with E-state index >= 15 is 0 Å². The third-order valence-corrected chi connectivity index (χ3v) is 3.47. The maximum absolute atomic E-state index is 12.9. The summed E-state index contributed by atoms with van der Waals surface area (Å²) < 4.78 is 23.8. The van der Waals surface area contributed by atoms with Crippen LogP contribution in [0.4, 0.5) is 4.39 Å². The van der Waals surface area contributed by atoms with Crippen LogP contribution in [0.25, 0.3) is 23.0 Å². The Morgan fingerprint density at radius 3 is 2.24 bits per heavy atom. The number of benzene rings is 2. The fourth-order valence-corrected chi connectivity index (χ4v) is 2.24. The van der Waals surface area contributed by atoms with Crippen LogP contribution in [0.2, 0.25) is 0 Å². The second-order valence-electron chi connectivity index (χ2n) is 5.22. The predicted octanol–water partition coefficient (Wildman–Crippen LogP) is 4.73. The molecule has 2 aromatic carbocycles. The Hall–Kier alpha value is -3.54. The van der Waals surface area contributed by atoms with Gasteiger partial charge in [-0.05, 0) is 60.7 Å². The van der Waals surface area contributed by atoms with E-state index in [1.165, 1.54) is 12.1 Å². The number of rotatable bonds is 4. The summed E-state index contributed by atoms with van der Waals surface area (Å²) in [6, 6.07) is 18.5. The quantitative estimate of drug-likeness (QED) is 0.540. The van der Waals surface area contributed by atoms with Gasteiger partial charge in [-0.3, -0.25) is 4.98 Å². The molecular weight excluding hydrogens is 321 g/mol. The van der Waals surface area contributed by atoms with E-state index in [1.807, 2.05) is 24.3 Å². The lowest BCUT2D eigenvalue weighted by atomic mass is 10.2. The molecule has 0 fully saturated rings. The van der Waals surface area contributed by atoms with Gasteiger partial charge in [0.05, 0.1) is 0 Å². The molecular formula is C19H12FN3O2. The molecule has 0 saturated heterocycles. The maximum Gasteiger partial charge on any atom is 0.276 e. The van der Waals surface area contributed by atoms with Crippen LogP contribution in [0.15, 0.2) is 77.4 Å². The first-order valence-corrected chi connectivity index (χ1v) is 7.57. The summed E-state index contributed by atoms with van der Waals surface area (Å²) in [6.07, 6.45) is 1.67. The fourth-order valence-electron chi connectivity index (χ4n) is 2.24. The van der Waals surface area contributed by atoms with Crippen molar-refractivity contribution < 1.29 is 13.7 Å². The van der Waals surface area contributed by atoms with Crippen LogP contribution in [0, 0.1) is 5.82 Å². The first kappa shape index (κ1) is 15.0. The van der Waals surface area contributed by atoms with Crippen molar-refractivity contribution >= 4 is 0 Å². The molecule has 0 spiro atoms.